The normalized spacial score (nSPS) is 12.9. The molecule has 1 unspecified atom stereocenters. The van der Waals surface area contributed by atoms with Crippen LogP contribution in [0.25, 0.3) is 0 Å². The first-order chi connectivity index (χ1) is 5.31. The van der Waals surface area contributed by atoms with E-state index >= 15 is 0 Å². The van der Waals surface area contributed by atoms with E-state index in [0.29, 0.717) is 5.92 Å². The summed E-state index contributed by atoms with van der Waals surface area (Å²) in [5.74, 6) is 0.608. The minimum absolute atomic E-state index is 0.608. The zero-order valence-electron chi connectivity index (χ0n) is 7.90. The molecule has 0 bridgehead atoms. The van der Waals surface area contributed by atoms with Crippen molar-refractivity contribution in [2.75, 3.05) is 13.1 Å². The maximum Gasteiger partial charge on any atom is 0.00114 e. The first kappa shape index (κ1) is 10.7. The zero-order chi connectivity index (χ0) is 8.53. The van der Waals surface area contributed by atoms with E-state index in [1.54, 1.807) is 0 Å². The van der Waals surface area contributed by atoms with E-state index in [0.717, 1.165) is 13.1 Å². The van der Waals surface area contributed by atoms with Gasteiger partial charge in [0.1, 0.15) is 0 Å². The Hall–Kier alpha value is -0.300. The van der Waals surface area contributed by atoms with Gasteiger partial charge in [-0.1, -0.05) is 32.8 Å². The highest BCUT2D eigenvalue weighted by Crippen LogP contribution is 1.94. The van der Waals surface area contributed by atoms with Gasteiger partial charge in [-0.2, -0.15) is 0 Å². The van der Waals surface area contributed by atoms with E-state index in [9.17, 15) is 0 Å². The van der Waals surface area contributed by atoms with Gasteiger partial charge >= 0.3 is 0 Å². The molecule has 0 aliphatic heterocycles. The quantitative estimate of drug-likeness (QED) is 0.440. The van der Waals surface area contributed by atoms with Crippen molar-refractivity contribution in [3.05, 3.63) is 12.7 Å². The number of unbranched alkanes of at least 4 members (excludes halogenated alkanes) is 2. The van der Waals surface area contributed by atoms with Crippen LogP contribution in [-0.4, -0.2) is 13.1 Å². The van der Waals surface area contributed by atoms with Crippen molar-refractivity contribution in [1.82, 2.24) is 5.32 Å². The molecular formula is C10H21N. The van der Waals surface area contributed by atoms with Gasteiger partial charge in [0.25, 0.3) is 0 Å². The van der Waals surface area contributed by atoms with E-state index in [2.05, 4.69) is 25.7 Å². The Labute approximate surface area is 70.9 Å². The predicted octanol–water partition coefficient (Wildman–Crippen LogP) is 2.59. The molecule has 0 aromatic rings. The molecule has 0 amide bonds. The molecule has 1 atom stereocenters. The average molecular weight is 155 g/mol. The highest BCUT2D eigenvalue weighted by Gasteiger charge is 1.93. The Kier molecular flexibility index (Phi) is 7.59. The summed E-state index contributed by atoms with van der Waals surface area (Å²) in [6, 6.07) is 0. The molecule has 0 radical (unpaired) electrons. The van der Waals surface area contributed by atoms with Crippen LogP contribution in [0.1, 0.15) is 33.1 Å². The summed E-state index contributed by atoms with van der Waals surface area (Å²) >= 11 is 0. The fourth-order valence-electron chi connectivity index (χ4n) is 0.913. The molecule has 11 heavy (non-hydrogen) atoms. The van der Waals surface area contributed by atoms with Crippen molar-refractivity contribution < 1.29 is 0 Å². The monoisotopic (exact) mass is 155 g/mol. The van der Waals surface area contributed by atoms with Crippen molar-refractivity contribution in [2.45, 2.75) is 33.1 Å². The summed E-state index contributed by atoms with van der Waals surface area (Å²) in [5.41, 5.74) is 0. The molecule has 0 saturated carbocycles. The fourth-order valence-corrected chi connectivity index (χ4v) is 0.913. The SMILES string of the molecule is C=CC(C)CNCCCCC. The van der Waals surface area contributed by atoms with Gasteiger partial charge in [-0.05, 0) is 18.9 Å². The van der Waals surface area contributed by atoms with Crippen LogP contribution in [0.2, 0.25) is 0 Å². The van der Waals surface area contributed by atoms with Gasteiger partial charge in [-0.15, -0.1) is 6.58 Å². The summed E-state index contributed by atoms with van der Waals surface area (Å²) in [7, 11) is 0. The Morgan fingerprint density at radius 3 is 2.73 bits per heavy atom. The first-order valence-corrected chi connectivity index (χ1v) is 4.64. The lowest BCUT2D eigenvalue weighted by atomic mass is 10.2. The second kappa shape index (κ2) is 7.80. The van der Waals surface area contributed by atoms with Gasteiger partial charge in [0.05, 0.1) is 0 Å². The van der Waals surface area contributed by atoms with Crippen LogP contribution in [-0.2, 0) is 0 Å². The van der Waals surface area contributed by atoms with Crippen molar-refractivity contribution in [2.24, 2.45) is 5.92 Å². The van der Waals surface area contributed by atoms with Gasteiger partial charge in [0.2, 0.25) is 0 Å². The minimum Gasteiger partial charge on any atom is -0.316 e. The van der Waals surface area contributed by atoms with Gasteiger partial charge in [0, 0.05) is 6.54 Å². The summed E-state index contributed by atoms with van der Waals surface area (Å²) < 4.78 is 0. The fraction of sp³-hybridized carbons (Fsp3) is 0.800. The Bertz CT molecular complexity index is 88.9. The third-order valence-corrected chi connectivity index (χ3v) is 1.83. The molecule has 1 N–H and O–H groups in total. The maximum atomic E-state index is 3.74. The standard InChI is InChI=1S/C10H21N/c1-4-6-7-8-11-9-10(3)5-2/h5,10-11H,2,4,6-9H2,1,3H3. The van der Waals surface area contributed by atoms with Gasteiger partial charge < -0.3 is 5.32 Å². The Morgan fingerprint density at radius 1 is 1.45 bits per heavy atom. The van der Waals surface area contributed by atoms with Crippen LogP contribution in [0.4, 0.5) is 0 Å². The van der Waals surface area contributed by atoms with Gasteiger partial charge in [-0.3, -0.25) is 0 Å². The maximum absolute atomic E-state index is 3.74. The number of hydrogen-bond acceptors (Lipinski definition) is 1. The lowest BCUT2D eigenvalue weighted by Crippen LogP contribution is -2.20. The molecule has 0 aliphatic rings. The van der Waals surface area contributed by atoms with Crippen LogP contribution in [0.3, 0.4) is 0 Å². The molecule has 0 heterocycles. The molecule has 0 fully saturated rings. The van der Waals surface area contributed by atoms with E-state index in [1.165, 1.54) is 19.3 Å². The Morgan fingerprint density at radius 2 is 2.18 bits per heavy atom. The summed E-state index contributed by atoms with van der Waals surface area (Å²) in [5, 5.41) is 3.40. The number of nitrogens with one attached hydrogen (secondary N) is 1. The highest BCUT2D eigenvalue weighted by atomic mass is 14.8. The van der Waals surface area contributed by atoms with E-state index in [1.807, 2.05) is 6.08 Å². The minimum atomic E-state index is 0.608. The molecule has 0 aromatic carbocycles. The molecule has 1 nitrogen and oxygen atoms in total. The van der Waals surface area contributed by atoms with Crippen molar-refractivity contribution >= 4 is 0 Å². The van der Waals surface area contributed by atoms with Crippen LogP contribution < -0.4 is 5.32 Å². The predicted molar refractivity (Wildman–Crippen MR) is 51.8 cm³/mol. The summed E-state index contributed by atoms with van der Waals surface area (Å²) in [4.78, 5) is 0. The van der Waals surface area contributed by atoms with Crippen molar-refractivity contribution in [3.8, 4) is 0 Å². The smallest absolute Gasteiger partial charge is 0.00114 e. The lowest BCUT2D eigenvalue weighted by molar-refractivity contribution is 0.564. The number of hydrogen-bond donors (Lipinski definition) is 1. The molecular weight excluding hydrogens is 134 g/mol. The summed E-state index contributed by atoms with van der Waals surface area (Å²) in [6.45, 7) is 10.4. The average Bonchev–Trinajstić information content (AvgIpc) is 2.04. The van der Waals surface area contributed by atoms with Crippen LogP contribution in [0, 0.1) is 5.92 Å². The first-order valence-electron chi connectivity index (χ1n) is 4.64. The van der Waals surface area contributed by atoms with E-state index in [-0.39, 0.29) is 0 Å². The van der Waals surface area contributed by atoms with Crippen LogP contribution in [0.5, 0.6) is 0 Å². The molecule has 0 rings (SSSR count). The Balaban J connectivity index is 2.95. The third-order valence-electron chi connectivity index (χ3n) is 1.83. The molecule has 0 aromatic heterocycles. The molecule has 66 valence electrons. The van der Waals surface area contributed by atoms with Crippen LogP contribution in [0.15, 0.2) is 12.7 Å². The molecule has 0 saturated heterocycles. The molecule has 0 spiro atoms. The van der Waals surface area contributed by atoms with Crippen molar-refractivity contribution in [1.29, 1.82) is 0 Å². The van der Waals surface area contributed by atoms with E-state index in [4.69, 9.17) is 0 Å². The third kappa shape index (κ3) is 7.60. The molecule has 0 aliphatic carbocycles. The second-order valence-corrected chi connectivity index (χ2v) is 3.12. The largest absolute Gasteiger partial charge is 0.316 e. The summed E-state index contributed by atoms with van der Waals surface area (Å²) in [6.07, 6.45) is 5.95. The van der Waals surface area contributed by atoms with Gasteiger partial charge in [0.15, 0.2) is 0 Å². The highest BCUT2D eigenvalue weighted by molar-refractivity contribution is 4.76. The lowest BCUT2D eigenvalue weighted by Gasteiger charge is -2.06. The van der Waals surface area contributed by atoms with E-state index < -0.39 is 0 Å². The second-order valence-electron chi connectivity index (χ2n) is 3.12. The zero-order valence-corrected chi connectivity index (χ0v) is 7.90. The molecule has 1 heteroatoms. The van der Waals surface area contributed by atoms with Crippen molar-refractivity contribution in [3.63, 3.8) is 0 Å². The van der Waals surface area contributed by atoms with Crippen LogP contribution >= 0.6 is 0 Å². The number of rotatable bonds is 7. The van der Waals surface area contributed by atoms with Gasteiger partial charge in [-0.25, -0.2) is 0 Å². The topological polar surface area (TPSA) is 12.0 Å².